The minimum Gasteiger partial charge on any atom is -0.454 e. The Morgan fingerprint density at radius 1 is 1.28 bits per heavy atom. The van der Waals surface area contributed by atoms with Gasteiger partial charge in [0.25, 0.3) is 5.56 Å². The van der Waals surface area contributed by atoms with Crippen molar-refractivity contribution < 1.29 is 9.47 Å². The average Bonchev–Trinajstić information content (AvgIpc) is 3.18. The summed E-state index contributed by atoms with van der Waals surface area (Å²) >= 11 is 0. The molecule has 8 heteroatoms. The molecule has 1 aliphatic heterocycles. The molecular weight excluding hydrogens is 322 g/mol. The molecule has 130 valence electrons. The van der Waals surface area contributed by atoms with Crippen molar-refractivity contribution in [3.63, 3.8) is 0 Å². The van der Waals surface area contributed by atoms with Gasteiger partial charge in [0.2, 0.25) is 12.7 Å². The first-order valence-corrected chi connectivity index (χ1v) is 8.03. The van der Waals surface area contributed by atoms with Crippen LogP contribution in [0, 0.1) is 0 Å². The Labute approximate surface area is 143 Å². The molecule has 25 heavy (non-hydrogen) atoms. The normalized spacial score (nSPS) is 13.4. The number of anilines is 1. The van der Waals surface area contributed by atoms with Gasteiger partial charge in [-0.25, -0.2) is 4.68 Å². The minimum absolute atomic E-state index is 0.214. The van der Waals surface area contributed by atoms with Crippen LogP contribution < -0.4 is 20.3 Å². The molecular formula is C17H19N5O3. The molecule has 0 fully saturated rings. The molecule has 2 aromatic heterocycles. The average molecular weight is 341 g/mol. The van der Waals surface area contributed by atoms with E-state index < -0.39 is 0 Å². The molecule has 0 saturated heterocycles. The number of hydrogen-bond donors (Lipinski definition) is 2. The summed E-state index contributed by atoms with van der Waals surface area (Å²) in [5.74, 6) is 1.87. The van der Waals surface area contributed by atoms with Gasteiger partial charge >= 0.3 is 0 Å². The molecule has 4 rings (SSSR count). The Morgan fingerprint density at radius 2 is 2.08 bits per heavy atom. The van der Waals surface area contributed by atoms with Crippen molar-refractivity contribution in [2.45, 2.75) is 32.9 Å². The van der Waals surface area contributed by atoms with Gasteiger partial charge in [-0.05, 0) is 38.5 Å². The number of aromatic amines is 1. The van der Waals surface area contributed by atoms with E-state index in [9.17, 15) is 4.79 Å². The number of ether oxygens (including phenoxy) is 2. The highest BCUT2D eigenvalue weighted by atomic mass is 16.7. The van der Waals surface area contributed by atoms with Crippen LogP contribution in [0.2, 0.25) is 0 Å². The Hall–Kier alpha value is -3.03. The van der Waals surface area contributed by atoms with E-state index in [0.717, 1.165) is 17.1 Å². The maximum absolute atomic E-state index is 12.3. The van der Waals surface area contributed by atoms with Crippen molar-refractivity contribution in [3.05, 3.63) is 40.3 Å². The zero-order chi connectivity index (χ0) is 17.6. The van der Waals surface area contributed by atoms with Crippen molar-refractivity contribution in [1.82, 2.24) is 19.7 Å². The molecule has 0 bridgehead atoms. The number of aromatic nitrogens is 4. The van der Waals surface area contributed by atoms with Gasteiger partial charge in [-0.2, -0.15) is 10.1 Å². The van der Waals surface area contributed by atoms with Crippen LogP contribution in [0.25, 0.3) is 11.0 Å². The van der Waals surface area contributed by atoms with Crippen LogP contribution in [0.1, 0.15) is 26.3 Å². The molecule has 1 aromatic carbocycles. The third-order valence-corrected chi connectivity index (χ3v) is 3.97. The van der Waals surface area contributed by atoms with E-state index in [0.29, 0.717) is 23.5 Å². The summed E-state index contributed by atoms with van der Waals surface area (Å²) in [5, 5.41) is 7.93. The predicted molar refractivity (Wildman–Crippen MR) is 93.0 cm³/mol. The van der Waals surface area contributed by atoms with Gasteiger partial charge < -0.3 is 14.8 Å². The molecule has 1 aliphatic rings. The molecule has 0 radical (unpaired) electrons. The van der Waals surface area contributed by atoms with Crippen LogP contribution in [0.15, 0.2) is 29.2 Å². The highest BCUT2D eigenvalue weighted by Gasteiger charge is 2.20. The zero-order valence-electron chi connectivity index (χ0n) is 14.3. The minimum atomic E-state index is -0.267. The topological polar surface area (TPSA) is 94.1 Å². The fraction of sp³-hybridized carbons (Fsp3) is 0.353. The first-order valence-electron chi connectivity index (χ1n) is 8.03. The molecule has 0 aliphatic carbocycles. The van der Waals surface area contributed by atoms with Gasteiger partial charge in [-0.3, -0.25) is 9.78 Å². The lowest BCUT2D eigenvalue weighted by molar-refractivity contribution is 0.174. The lowest BCUT2D eigenvalue weighted by Crippen LogP contribution is -2.24. The first kappa shape index (κ1) is 15.5. The van der Waals surface area contributed by atoms with Crippen molar-refractivity contribution in [1.29, 1.82) is 0 Å². The molecule has 0 amide bonds. The largest absolute Gasteiger partial charge is 0.454 e. The summed E-state index contributed by atoms with van der Waals surface area (Å²) in [6.07, 6.45) is 1.55. The Bertz CT molecular complexity index is 1000. The van der Waals surface area contributed by atoms with E-state index in [-0.39, 0.29) is 17.9 Å². The Kier molecular flexibility index (Phi) is 3.41. The number of benzene rings is 1. The van der Waals surface area contributed by atoms with Gasteiger partial charge in [0.05, 0.1) is 11.7 Å². The molecule has 0 unspecified atom stereocenters. The van der Waals surface area contributed by atoms with E-state index in [1.54, 1.807) is 10.9 Å². The van der Waals surface area contributed by atoms with E-state index in [1.807, 2.05) is 39.0 Å². The second kappa shape index (κ2) is 5.51. The van der Waals surface area contributed by atoms with Crippen LogP contribution in [-0.4, -0.2) is 26.5 Å². The summed E-state index contributed by atoms with van der Waals surface area (Å²) < 4.78 is 12.4. The van der Waals surface area contributed by atoms with E-state index >= 15 is 0 Å². The maximum Gasteiger partial charge on any atom is 0.263 e. The number of H-pyrrole nitrogens is 1. The second-order valence-corrected chi connectivity index (χ2v) is 6.92. The van der Waals surface area contributed by atoms with Gasteiger partial charge in [0.1, 0.15) is 5.39 Å². The highest BCUT2D eigenvalue weighted by Crippen LogP contribution is 2.32. The maximum atomic E-state index is 12.3. The Morgan fingerprint density at radius 3 is 2.88 bits per heavy atom. The van der Waals surface area contributed by atoms with Crippen LogP contribution >= 0.6 is 0 Å². The smallest absolute Gasteiger partial charge is 0.263 e. The molecule has 3 heterocycles. The molecule has 2 N–H and O–H groups in total. The van der Waals surface area contributed by atoms with Gasteiger partial charge in [0.15, 0.2) is 17.1 Å². The van der Waals surface area contributed by atoms with E-state index in [1.165, 1.54) is 0 Å². The molecule has 0 saturated carbocycles. The number of hydrogen-bond acceptors (Lipinski definition) is 6. The Balaban J connectivity index is 1.62. The third-order valence-electron chi connectivity index (χ3n) is 3.97. The summed E-state index contributed by atoms with van der Waals surface area (Å²) in [4.78, 5) is 19.6. The highest BCUT2D eigenvalue weighted by molar-refractivity contribution is 5.74. The summed E-state index contributed by atoms with van der Waals surface area (Å²) in [7, 11) is 0. The van der Waals surface area contributed by atoms with E-state index in [4.69, 9.17) is 9.47 Å². The summed E-state index contributed by atoms with van der Waals surface area (Å²) in [5.41, 5.74) is 1.08. The van der Waals surface area contributed by atoms with Gasteiger partial charge in [0, 0.05) is 6.54 Å². The molecule has 0 spiro atoms. The van der Waals surface area contributed by atoms with Crippen molar-refractivity contribution >= 4 is 17.0 Å². The molecule has 8 nitrogen and oxygen atoms in total. The fourth-order valence-electron chi connectivity index (χ4n) is 2.73. The zero-order valence-corrected chi connectivity index (χ0v) is 14.3. The fourth-order valence-corrected chi connectivity index (χ4v) is 2.73. The van der Waals surface area contributed by atoms with Crippen LogP contribution in [0.3, 0.4) is 0 Å². The first-order chi connectivity index (χ1) is 11.9. The van der Waals surface area contributed by atoms with Crippen LogP contribution in [0.5, 0.6) is 11.5 Å². The SMILES string of the molecule is CC(C)(C)n1ncc2c(=O)[nH]c(NCc3ccc4c(c3)OCO4)nc21. The lowest BCUT2D eigenvalue weighted by atomic mass is 10.1. The predicted octanol–water partition coefficient (Wildman–Crippen LogP) is 2.22. The lowest BCUT2D eigenvalue weighted by Gasteiger charge is -2.19. The second-order valence-electron chi connectivity index (χ2n) is 6.92. The van der Waals surface area contributed by atoms with Crippen molar-refractivity contribution in [2.24, 2.45) is 0 Å². The summed E-state index contributed by atoms with van der Waals surface area (Å²) in [6, 6.07) is 5.72. The van der Waals surface area contributed by atoms with Crippen molar-refractivity contribution in [3.8, 4) is 11.5 Å². The van der Waals surface area contributed by atoms with Gasteiger partial charge in [-0.1, -0.05) is 6.07 Å². The van der Waals surface area contributed by atoms with Gasteiger partial charge in [-0.15, -0.1) is 0 Å². The number of rotatable bonds is 3. The van der Waals surface area contributed by atoms with Crippen molar-refractivity contribution in [2.75, 3.05) is 12.1 Å². The number of nitrogens with one attached hydrogen (secondary N) is 2. The standard InChI is InChI=1S/C17H19N5O3/c1-17(2,3)22-14-11(8-19-22)15(23)21-16(20-14)18-7-10-4-5-12-13(6-10)25-9-24-12/h4-6,8H,7,9H2,1-3H3,(H2,18,20,21,23). The monoisotopic (exact) mass is 341 g/mol. The third kappa shape index (κ3) is 2.79. The molecule has 3 aromatic rings. The molecule has 0 atom stereocenters. The summed E-state index contributed by atoms with van der Waals surface area (Å²) in [6.45, 7) is 6.79. The van der Waals surface area contributed by atoms with E-state index in [2.05, 4.69) is 20.4 Å². The quantitative estimate of drug-likeness (QED) is 0.758. The van der Waals surface area contributed by atoms with Crippen LogP contribution in [-0.2, 0) is 12.1 Å². The number of nitrogens with zero attached hydrogens (tertiary/aromatic N) is 3. The van der Waals surface area contributed by atoms with Crippen LogP contribution in [0.4, 0.5) is 5.95 Å². The number of fused-ring (bicyclic) bond motifs is 2.